The van der Waals surface area contributed by atoms with Crippen LogP contribution in [0.25, 0.3) is 33.3 Å². The normalized spacial score (nSPS) is 11.7. The minimum atomic E-state index is -0.571. The molecule has 7 heteroatoms. The Morgan fingerprint density at radius 2 is 1.57 bits per heavy atom. The number of urea groups is 1. The van der Waals surface area contributed by atoms with Crippen molar-refractivity contribution in [3.8, 4) is 33.9 Å². The Bertz CT molecular complexity index is 1340. The van der Waals surface area contributed by atoms with Gasteiger partial charge in [-0.15, -0.1) is 0 Å². The molecule has 0 spiro atoms. The number of fused-ring (bicyclic) bond motifs is 1. The second-order valence-corrected chi connectivity index (χ2v) is 8.09. The molecular formula is C28H29N3O4. The maximum absolute atomic E-state index is 12.3. The second kappa shape index (κ2) is 10.9. The van der Waals surface area contributed by atoms with Crippen LogP contribution in [-0.4, -0.2) is 43.0 Å². The average Bonchev–Trinajstić information content (AvgIpc) is 2.90. The van der Waals surface area contributed by atoms with Gasteiger partial charge in [-0.1, -0.05) is 37.3 Å². The van der Waals surface area contributed by atoms with Crippen LogP contribution in [0.1, 0.15) is 13.3 Å². The first-order chi connectivity index (χ1) is 17.0. The summed E-state index contributed by atoms with van der Waals surface area (Å²) in [5.74, 6) is 1.45. The molecule has 0 saturated carbocycles. The molecule has 4 aromatic rings. The first-order valence-corrected chi connectivity index (χ1v) is 11.5. The number of carbonyl (C=O) groups is 1. The topological polar surface area (TPSA) is 92.7 Å². The number of amides is 2. The predicted molar refractivity (Wildman–Crippen MR) is 139 cm³/mol. The summed E-state index contributed by atoms with van der Waals surface area (Å²) >= 11 is 0. The zero-order valence-electron chi connectivity index (χ0n) is 20.0. The van der Waals surface area contributed by atoms with Crippen LogP contribution in [-0.2, 0) is 0 Å². The number of aliphatic hydroxyl groups excluding tert-OH is 1. The van der Waals surface area contributed by atoms with Gasteiger partial charge in [-0.05, 0) is 48.9 Å². The first kappa shape index (κ1) is 24.0. The first-order valence-electron chi connectivity index (χ1n) is 11.5. The predicted octanol–water partition coefficient (Wildman–Crippen LogP) is 5.48. The van der Waals surface area contributed by atoms with Crippen LogP contribution in [0.5, 0.6) is 11.5 Å². The summed E-state index contributed by atoms with van der Waals surface area (Å²) in [5.41, 5.74) is 4.82. The number of benzene rings is 3. The lowest BCUT2D eigenvalue weighted by molar-refractivity contribution is 0.168. The molecule has 0 aliphatic heterocycles. The number of ether oxygens (including phenoxy) is 2. The summed E-state index contributed by atoms with van der Waals surface area (Å²) < 4.78 is 11.3. The highest BCUT2D eigenvalue weighted by Crippen LogP contribution is 2.41. The summed E-state index contributed by atoms with van der Waals surface area (Å²) in [7, 11) is 3.29. The van der Waals surface area contributed by atoms with Crippen molar-refractivity contribution in [1.82, 2.24) is 10.3 Å². The maximum atomic E-state index is 12.3. The van der Waals surface area contributed by atoms with Gasteiger partial charge in [0.15, 0.2) is 0 Å². The zero-order valence-corrected chi connectivity index (χ0v) is 20.0. The summed E-state index contributed by atoms with van der Waals surface area (Å²) in [6.45, 7) is 2.05. The van der Waals surface area contributed by atoms with Crippen molar-refractivity contribution in [3.63, 3.8) is 0 Å². The lowest BCUT2D eigenvalue weighted by Crippen LogP contribution is -2.34. The number of aromatic nitrogens is 1. The van der Waals surface area contributed by atoms with E-state index in [1.807, 2.05) is 73.7 Å². The standard InChI is InChI=1S/C28H29N3O4/c1-4-20(32)17-29-28(33)30-19-13-14-24-18(15-19)16-23(21-9-5-7-11-25(21)34-2)27(31-24)22-10-6-8-12-26(22)35-3/h5-16,20,32H,4,17H2,1-3H3,(H2,29,30,33). The molecule has 1 heterocycles. The SMILES string of the molecule is CCC(O)CNC(=O)Nc1ccc2nc(-c3ccccc3OC)c(-c3ccccc3OC)cc2c1. The van der Waals surface area contributed by atoms with Crippen molar-refractivity contribution in [2.45, 2.75) is 19.4 Å². The molecule has 7 nitrogen and oxygen atoms in total. The molecule has 0 aliphatic rings. The number of methoxy groups -OCH3 is 2. The third-order valence-corrected chi connectivity index (χ3v) is 5.80. The van der Waals surface area contributed by atoms with Gasteiger partial charge in [-0.2, -0.15) is 0 Å². The van der Waals surface area contributed by atoms with Gasteiger partial charge < -0.3 is 25.2 Å². The minimum absolute atomic E-state index is 0.192. The molecule has 0 fully saturated rings. The van der Waals surface area contributed by atoms with Crippen LogP contribution in [0.2, 0.25) is 0 Å². The van der Waals surface area contributed by atoms with Gasteiger partial charge in [-0.3, -0.25) is 0 Å². The largest absolute Gasteiger partial charge is 0.496 e. The van der Waals surface area contributed by atoms with Crippen molar-refractivity contribution in [3.05, 3.63) is 72.8 Å². The van der Waals surface area contributed by atoms with Crippen LogP contribution < -0.4 is 20.1 Å². The van der Waals surface area contributed by atoms with Crippen molar-refractivity contribution in [2.75, 3.05) is 26.1 Å². The number of rotatable bonds is 8. The molecule has 1 aromatic heterocycles. The highest BCUT2D eigenvalue weighted by atomic mass is 16.5. The van der Waals surface area contributed by atoms with Crippen molar-refractivity contribution in [2.24, 2.45) is 0 Å². The summed E-state index contributed by atoms with van der Waals surface area (Å²) in [6.07, 6.45) is 0.000650. The van der Waals surface area contributed by atoms with E-state index in [1.54, 1.807) is 20.3 Å². The Balaban J connectivity index is 1.81. The summed E-state index contributed by atoms with van der Waals surface area (Å²) in [5, 5.41) is 16.0. The average molecular weight is 472 g/mol. The van der Waals surface area contributed by atoms with Gasteiger partial charge in [0.25, 0.3) is 0 Å². The summed E-state index contributed by atoms with van der Waals surface area (Å²) in [6, 6.07) is 22.8. The number of para-hydroxylation sites is 2. The fourth-order valence-corrected chi connectivity index (χ4v) is 3.90. The summed E-state index contributed by atoms with van der Waals surface area (Å²) in [4.78, 5) is 17.3. The van der Waals surface area contributed by atoms with E-state index in [-0.39, 0.29) is 12.6 Å². The maximum Gasteiger partial charge on any atom is 0.319 e. The molecule has 1 unspecified atom stereocenters. The van der Waals surface area contributed by atoms with Crippen LogP contribution in [0, 0.1) is 0 Å². The lowest BCUT2D eigenvalue weighted by Gasteiger charge is -2.16. The highest BCUT2D eigenvalue weighted by Gasteiger charge is 2.18. The Hall–Kier alpha value is -4.10. The number of anilines is 1. The van der Waals surface area contributed by atoms with Crippen LogP contribution >= 0.6 is 0 Å². The Morgan fingerprint density at radius 3 is 2.26 bits per heavy atom. The molecule has 4 rings (SSSR count). The molecule has 180 valence electrons. The Morgan fingerprint density at radius 1 is 0.914 bits per heavy atom. The van der Waals surface area contributed by atoms with Gasteiger partial charge >= 0.3 is 6.03 Å². The van der Waals surface area contributed by atoms with Gasteiger partial charge in [0.05, 0.1) is 31.5 Å². The van der Waals surface area contributed by atoms with E-state index >= 15 is 0 Å². The van der Waals surface area contributed by atoms with E-state index in [1.165, 1.54) is 0 Å². The minimum Gasteiger partial charge on any atom is -0.496 e. The molecule has 0 radical (unpaired) electrons. The molecule has 2 amide bonds. The van der Waals surface area contributed by atoms with Gasteiger partial charge in [0, 0.05) is 34.3 Å². The van der Waals surface area contributed by atoms with Crippen molar-refractivity contribution >= 4 is 22.6 Å². The monoisotopic (exact) mass is 471 g/mol. The highest BCUT2D eigenvalue weighted by molar-refractivity contribution is 5.97. The Labute approximate surface area is 204 Å². The lowest BCUT2D eigenvalue weighted by atomic mass is 9.96. The van der Waals surface area contributed by atoms with E-state index in [2.05, 4.69) is 10.6 Å². The fraction of sp³-hybridized carbons (Fsp3) is 0.214. The number of carbonyl (C=O) groups excluding carboxylic acids is 1. The molecule has 35 heavy (non-hydrogen) atoms. The number of nitrogens with zero attached hydrogens (tertiary/aromatic N) is 1. The molecule has 0 aliphatic carbocycles. The van der Waals surface area contributed by atoms with Crippen molar-refractivity contribution in [1.29, 1.82) is 0 Å². The Kier molecular flexibility index (Phi) is 7.48. The van der Waals surface area contributed by atoms with Crippen LogP contribution in [0.4, 0.5) is 10.5 Å². The smallest absolute Gasteiger partial charge is 0.319 e. The number of hydrogen-bond acceptors (Lipinski definition) is 5. The van der Waals surface area contributed by atoms with E-state index < -0.39 is 6.10 Å². The number of nitrogens with one attached hydrogen (secondary N) is 2. The quantitative estimate of drug-likeness (QED) is 0.317. The fourth-order valence-electron chi connectivity index (χ4n) is 3.90. The third-order valence-electron chi connectivity index (χ3n) is 5.80. The third kappa shape index (κ3) is 5.36. The van der Waals surface area contributed by atoms with E-state index in [0.717, 1.165) is 44.8 Å². The van der Waals surface area contributed by atoms with Gasteiger partial charge in [-0.25, -0.2) is 9.78 Å². The van der Waals surface area contributed by atoms with Crippen LogP contribution in [0.15, 0.2) is 72.8 Å². The molecule has 1 atom stereocenters. The molecular weight excluding hydrogens is 442 g/mol. The van der Waals surface area contributed by atoms with Crippen molar-refractivity contribution < 1.29 is 19.4 Å². The molecule has 0 bridgehead atoms. The van der Waals surface area contributed by atoms with E-state index in [9.17, 15) is 9.90 Å². The van der Waals surface area contributed by atoms with E-state index in [0.29, 0.717) is 12.1 Å². The second-order valence-electron chi connectivity index (χ2n) is 8.09. The number of hydrogen-bond donors (Lipinski definition) is 3. The molecule has 3 N–H and O–H groups in total. The zero-order chi connectivity index (χ0) is 24.8. The number of pyridine rings is 1. The van der Waals surface area contributed by atoms with Gasteiger partial charge in [0.2, 0.25) is 0 Å². The molecule has 3 aromatic carbocycles. The molecule has 0 saturated heterocycles. The number of aliphatic hydroxyl groups is 1. The van der Waals surface area contributed by atoms with E-state index in [4.69, 9.17) is 14.5 Å². The van der Waals surface area contributed by atoms with Gasteiger partial charge in [0.1, 0.15) is 11.5 Å². The van der Waals surface area contributed by atoms with Crippen LogP contribution in [0.3, 0.4) is 0 Å².